The minimum atomic E-state index is -1.31. The van der Waals surface area contributed by atoms with Crippen molar-refractivity contribution >= 4 is 34.5 Å². The lowest BCUT2D eigenvalue weighted by molar-refractivity contribution is -0.141. The van der Waals surface area contributed by atoms with Crippen molar-refractivity contribution in [3.63, 3.8) is 0 Å². The molecule has 0 heterocycles. The quantitative estimate of drug-likeness (QED) is 0.704. The molecule has 0 saturated heterocycles. The summed E-state index contributed by atoms with van der Waals surface area (Å²) < 4.78 is 0.874. The van der Waals surface area contributed by atoms with Gasteiger partial charge in [0.15, 0.2) is 6.04 Å². The van der Waals surface area contributed by atoms with E-state index in [-0.39, 0.29) is 0 Å². The lowest BCUT2D eigenvalue weighted by Gasteiger charge is -2.16. The predicted molar refractivity (Wildman–Crippen MR) is 69.7 cm³/mol. The number of aliphatic hydroxyl groups excluding tert-OH is 1. The number of amides is 1. The molecule has 0 unspecified atom stereocenters. The van der Waals surface area contributed by atoms with E-state index < -0.39 is 24.0 Å². The molecule has 1 aromatic carbocycles. The van der Waals surface area contributed by atoms with E-state index in [9.17, 15) is 14.7 Å². The molecule has 0 aliphatic rings. The number of hydrogen-bond acceptors (Lipinski definition) is 3. The van der Waals surface area contributed by atoms with E-state index in [1.54, 1.807) is 18.2 Å². The average Bonchev–Trinajstić information content (AvgIpc) is 2.24. The molecule has 0 fully saturated rings. The highest BCUT2D eigenvalue weighted by molar-refractivity contribution is 14.1. The van der Waals surface area contributed by atoms with Crippen molar-refractivity contribution in [2.75, 3.05) is 0 Å². The SMILES string of the molecule is C[C@@H](O)[C@H](NC(=O)c1cccc(I)c1)C(=O)O. The van der Waals surface area contributed by atoms with Crippen LogP contribution in [0.3, 0.4) is 0 Å². The van der Waals surface area contributed by atoms with Crippen LogP contribution in [0.2, 0.25) is 0 Å². The standard InChI is InChI=1S/C11H12INO4/c1-6(14)9(11(16)17)13-10(15)7-3-2-4-8(12)5-7/h2-6,9,14H,1H3,(H,13,15)(H,16,17)/t6-,9+/m1/s1. The van der Waals surface area contributed by atoms with E-state index in [4.69, 9.17) is 5.11 Å². The number of carboxylic acids is 1. The second-order valence-corrected chi connectivity index (χ2v) is 4.79. The molecule has 0 aliphatic heterocycles. The van der Waals surface area contributed by atoms with Crippen LogP contribution in [0.4, 0.5) is 0 Å². The van der Waals surface area contributed by atoms with E-state index in [0.29, 0.717) is 5.56 Å². The molecule has 17 heavy (non-hydrogen) atoms. The summed E-state index contributed by atoms with van der Waals surface area (Å²) in [5.41, 5.74) is 0.365. The Morgan fingerprint density at radius 1 is 1.41 bits per heavy atom. The van der Waals surface area contributed by atoms with Gasteiger partial charge in [-0.25, -0.2) is 4.79 Å². The monoisotopic (exact) mass is 349 g/mol. The first-order valence-electron chi connectivity index (χ1n) is 4.89. The van der Waals surface area contributed by atoms with Crippen LogP contribution in [-0.2, 0) is 4.79 Å². The zero-order chi connectivity index (χ0) is 13.0. The fourth-order valence-electron chi connectivity index (χ4n) is 1.24. The summed E-state index contributed by atoms with van der Waals surface area (Å²) in [6.45, 7) is 1.31. The Kier molecular flexibility index (Phi) is 4.88. The molecule has 1 aromatic rings. The number of aliphatic hydroxyl groups is 1. The second-order valence-electron chi connectivity index (χ2n) is 3.54. The van der Waals surface area contributed by atoms with E-state index in [1.165, 1.54) is 6.92 Å². The van der Waals surface area contributed by atoms with Crippen molar-refractivity contribution in [2.45, 2.75) is 19.1 Å². The molecule has 0 aliphatic carbocycles. The number of carbonyl (C=O) groups excluding carboxylic acids is 1. The van der Waals surface area contributed by atoms with E-state index >= 15 is 0 Å². The molecule has 3 N–H and O–H groups in total. The summed E-state index contributed by atoms with van der Waals surface area (Å²) in [6.07, 6.45) is -1.15. The van der Waals surface area contributed by atoms with Crippen LogP contribution in [0.15, 0.2) is 24.3 Å². The summed E-state index contributed by atoms with van der Waals surface area (Å²) in [6, 6.07) is 5.44. The van der Waals surface area contributed by atoms with Gasteiger partial charge >= 0.3 is 5.97 Å². The number of nitrogens with one attached hydrogen (secondary N) is 1. The van der Waals surface area contributed by atoms with E-state index in [1.807, 2.05) is 6.07 Å². The fourth-order valence-corrected chi connectivity index (χ4v) is 1.79. The number of carbonyl (C=O) groups is 2. The second kappa shape index (κ2) is 5.97. The first kappa shape index (κ1) is 13.9. The topological polar surface area (TPSA) is 86.6 Å². The Morgan fingerprint density at radius 3 is 2.53 bits per heavy atom. The Bertz CT molecular complexity index is 433. The van der Waals surface area contributed by atoms with Gasteiger partial charge in [-0.15, -0.1) is 0 Å². The van der Waals surface area contributed by atoms with Gasteiger partial charge in [0.05, 0.1) is 6.10 Å². The van der Waals surface area contributed by atoms with Gasteiger partial charge in [-0.1, -0.05) is 6.07 Å². The summed E-state index contributed by atoms with van der Waals surface area (Å²) in [4.78, 5) is 22.5. The van der Waals surface area contributed by atoms with Gasteiger partial charge < -0.3 is 15.5 Å². The summed E-state index contributed by atoms with van der Waals surface area (Å²) in [7, 11) is 0. The molecular weight excluding hydrogens is 337 g/mol. The third kappa shape index (κ3) is 3.97. The normalized spacial score (nSPS) is 13.8. The van der Waals surface area contributed by atoms with Crippen LogP contribution >= 0.6 is 22.6 Å². The molecule has 0 radical (unpaired) electrons. The maximum Gasteiger partial charge on any atom is 0.328 e. The molecular formula is C11H12INO4. The predicted octanol–water partition coefficient (Wildman–Crippen LogP) is 0.855. The smallest absolute Gasteiger partial charge is 0.328 e. The van der Waals surface area contributed by atoms with Gasteiger partial charge in [0.25, 0.3) is 5.91 Å². The number of carboxylic acid groups (broad SMARTS) is 1. The first-order valence-corrected chi connectivity index (χ1v) is 5.97. The Labute approximate surface area is 112 Å². The molecule has 92 valence electrons. The Hall–Kier alpha value is -1.15. The van der Waals surface area contributed by atoms with E-state index in [0.717, 1.165) is 3.57 Å². The van der Waals surface area contributed by atoms with Crippen molar-refractivity contribution in [1.82, 2.24) is 5.32 Å². The average molecular weight is 349 g/mol. The van der Waals surface area contributed by atoms with Gasteiger partial charge in [-0.05, 0) is 47.7 Å². The van der Waals surface area contributed by atoms with Gasteiger partial charge in [0.1, 0.15) is 0 Å². The van der Waals surface area contributed by atoms with Gasteiger partial charge in [-0.2, -0.15) is 0 Å². The van der Waals surface area contributed by atoms with Crippen LogP contribution in [0, 0.1) is 3.57 Å². The molecule has 6 heteroatoms. The maximum atomic E-state index is 11.7. The number of hydrogen-bond donors (Lipinski definition) is 3. The summed E-state index contributed by atoms with van der Waals surface area (Å²) in [5, 5.41) is 20.3. The van der Waals surface area contributed by atoms with Crippen molar-refractivity contribution < 1.29 is 19.8 Å². The molecule has 0 aromatic heterocycles. The lowest BCUT2D eigenvalue weighted by Crippen LogP contribution is -2.47. The zero-order valence-electron chi connectivity index (χ0n) is 9.05. The van der Waals surface area contributed by atoms with Crippen molar-refractivity contribution in [3.8, 4) is 0 Å². The Morgan fingerprint density at radius 2 is 2.06 bits per heavy atom. The van der Waals surface area contributed by atoms with Crippen LogP contribution in [0.25, 0.3) is 0 Å². The summed E-state index contributed by atoms with van der Waals surface area (Å²) >= 11 is 2.05. The minimum Gasteiger partial charge on any atom is -0.480 e. The Balaban J connectivity index is 2.81. The number of halogens is 1. The number of aliphatic carboxylic acids is 1. The first-order chi connectivity index (χ1) is 7.91. The molecule has 0 saturated carbocycles. The van der Waals surface area contributed by atoms with Crippen LogP contribution in [-0.4, -0.2) is 34.2 Å². The van der Waals surface area contributed by atoms with Crippen molar-refractivity contribution in [2.24, 2.45) is 0 Å². The molecule has 0 bridgehead atoms. The highest BCUT2D eigenvalue weighted by atomic mass is 127. The zero-order valence-corrected chi connectivity index (χ0v) is 11.2. The van der Waals surface area contributed by atoms with Gasteiger partial charge in [-0.3, -0.25) is 4.79 Å². The largest absolute Gasteiger partial charge is 0.480 e. The van der Waals surface area contributed by atoms with Crippen LogP contribution in [0.1, 0.15) is 17.3 Å². The maximum absolute atomic E-state index is 11.7. The molecule has 0 spiro atoms. The molecule has 2 atom stereocenters. The van der Waals surface area contributed by atoms with E-state index in [2.05, 4.69) is 27.9 Å². The summed E-state index contributed by atoms with van der Waals surface area (Å²) in [5.74, 6) is -1.78. The van der Waals surface area contributed by atoms with Gasteiger partial charge in [0, 0.05) is 9.13 Å². The van der Waals surface area contributed by atoms with Crippen molar-refractivity contribution in [1.29, 1.82) is 0 Å². The third-order valence-electron chi connectivity index (χ3n) is 2.12. The number of rotatable bonds is 4. The fraction of sp³-hybridized carbons (Fsp3) is 0.273. The van der Waals surface area contributed by atoms with Gasteiger partial charge in [0.2, 0.25) is 0 Å². The van der Waals surface area contributed by atoms with Crippen LogP contribution in [0.5, 0.6) is 0 Å². The molecule has 1 rings (SSSR count). The number of benzene rings is 1. The van der Waals surface area contributed by atoms with Crippen LogP contribution < -0.4 is 5.32 Å². The lowest BCUT2D eigenvalue weighted by atomic mass is 10.1. The highest BCUT2D eigenvalue weighted by Gasteiger charge is 2.25. The highest BCUT2D eigenvalue weighted by Crippen LogP contribution is 2.08. The molecule has 1 amide bonds. The minimum absolute atomic E-state index is 0.365. The van der Waals surface area contributed by atoms with Crippen molar-refractivity contribution in [3.05, 3.63) is 33.4 Å². The molecule has 5 nitrogen and oxygen atoms in total. The third-order valence-corrected chi connectivity index (χ3v) is 2.79.